The average Bonchev–Trinajstić information content (AvgIpc) is 2.59. The molecule has 0 unspecified atom stereocenters. The molecule has 3 rings (SSSR count). The second kappa shape index (κ2) is 10.5. The van der Waals surface area contributed by atoms with Gasteiger partial charge in [0.05, 0.1) is 5.52 Å². The van der Waals surface area contributed by atoms with Crippen LogP contribution in [0.15, 0.2) is 36.5 Å². The van der Waals surface area contributed by atoms with Crippen molar-refractivity contribution in [2.45, 2.75) is 32.2 Å². The number of nitrogens with one attached hydrogen (secondary N) is 2. The summed E-state index contributed by atoms with van der Waals surface area (Å²) >= 11 is 0. The minimum atomic E-state index is 0. The highest BCUT2D eigenvalue weighted by Crippen LogP contribution is 2.18. The van der Waals surface area contributed by atoms with Crippen molar-refractivity contribution in [1.82, 2.24) is 15.6 Å². The molecule has 1 fully saturated rings. The van der Waals surface area contributed by atoms with Crippen LogP contribution in [0.2, 0.25) is 0 Å². The second-order valence-corrected chi connectivity index (χ2v) is 6.00. The number of aromatic nitrogens is 1. The summed E-state index contributed by atoms with van der Waals surface area (Å²) in [5.41, 5.74) is 2.05. The first kappa shape index (κ1) is 20.7. The zero-order valence-electron chi connectivity index (χ0n) is 13.7. The van der Waals surface area contributed by atoms with Crippen molar-refractivity contribution < 1.29 is 4.79 Å². The molecule has 132 valence electrons. The number of fused-ring (bicyclic) bond motifs is 1. The molecular weight excluding hydrogens is 345 g/mol. The van der Waals surface area contributed by atoms with Crippen LogP contribution in [-0.2, 0) is 11.3 Å². The molecule has 0 atom stereocenters. The summed E-state index contributed by atoms with van der Waals surface area (Å²) in [7, 11) is 0. The molecule has 1 saturated heterocycles. The summed E-state index contributed by atoms with van der Waals surface area (Å²) in [6.07, 6.45) is 5.82. The Hall–Kier alpha value is -1.36. The fourth-order valence-electron chi connectivity index (χ4n) is 3.10. The van der Waals surface area contributed by atoms with Crippen molar-refractivity contribution in [3.05, 3.63) is 42.1 Å². The van der Waals surface area contributed by atoms with Crippen LogP contribution in [0, 0.1) is 5.92 Å². The van der Waals surface area contributed by atoms with Gasteiger partial charge in [0.15, 0.2) is 0 Å². The first-order valence-electron chi connectivity index (χ1n) is 8.13. The van der Waals surface area contributed by atoms with Gasteiger partial charge >= 0.3 is 0 Å². The number of carbonyl (C=O) groups excluding carboxylic acids is 1. The molecule has 1 aromatic carbocycles. The monoisotopic (exact) mass is 369 g/mol. The number of hydrogen-bond acceptors (Lipinski definition) is 3. The van der Waals surface area contributed by atoms with E-state index in [0.717, 1.165) is 36.0 Å². The SMILES string of the molecule is Cl.Cl.O=C(CCC1CCNCC1)NCc1cccc2cccnc12. The highest BCUT2D eigenvalue weighted by Gasteiger charge is 2.14. The van der Waals surface area contributed by atoms with Crippen molar-refractivity contribution in [3.63, 3.8) is 0 Å². The third kappa shape index (κ3) is 5.62. The highest BCUT2D eigenvalue weighted by atomic mass is 35.5. The number of hydrogen-bond donors (Lipinski definition) is 2. The van der Waals surface area contributed by atoms with Crippen molar-refractivity contribution in [2.24, 2.45) is 5.92 Å². The van der Waals surface area contributed by atoms with E-state index in [0.29, 0.717) is 18.9 Å². The fraction of sp³-hybridized carbons (Fsp3) is 0.444. The Morgan fingerprint density at radius 2 is 1.92 bits per heavy atom. The lowest BCUT2D eigenvalue weighted by Gasteiger charge is -2.22. The lowest BCUT2D eigenvalue weighted by Crippen LogP contribution is -2.29. The van der Waals surface area contributed by atoms with Crippen molar-refractivity contribution >= 4 is 41.6 Å². The van der Waals surface area contributed by atoms with E-state index in [1.54, 1.807) is 6.20 Å². The number of rotatable bonds is 5. The van der Waals surface area contributed by atoms with Crippen LogP contribution in [0.25, 0.3) is 10.9 Å². The highest BCUT2D eigenvalue weighted by molar-refractivity contribution is 5.85. The van der Waals surface area contributed by atoms with Crippen LogP contribution < -0.4 is 10.6 Å². The van der Waals surface area contributed by atoms with Gasteiger partial charge in [-0.1, -0.05) is 24.3 Å². The third-order valence-electron chi connectivity index (χ3n) is 4.43. The number of pyridine rings is 1. The van der Waals surface area contributed by atoms with Crippen LogP contribution in [0.3, 0.4) is 0 Å². The molecule has 2 heterocycles. The van der Waals surface area contributed by atoms with Gasteiger partial charge in [0.2, 0.25) is 5.91 Å². The predicted molar refractivity (Wildman–Crippen MR) is 103 cm³/mol. The maximum atomic E-state index is 12.0. The minimum absolute atomic E-state index is 0. The van der Waals surface area contributed by atoms with E-state index in [-0.39, 0.29) is 30.7 Å². The van der Waals surface area contributed by atoms with Gasteiger partial charge in [0.1, 0.15) is 0 Å². The number of piperidine rings is 1. The first-order chi connectivity index (χ1) is 10.8. The smallest absolute Gasteiger partial charge is 0.220 e. The molecule has 2 aromatic rings. The number of amides is 1. The first-order valence-corrected chi connectivity index (χ1v) is 8.13. The summed E-state index contributed by atoms with van der Waals surface area (Å²) in [4.78, 5) is 16.5. The summed E-state index contributed by atoms with van der Waals surface area (Å²) in [6, 6.07) is 10.1. The number of benzene rings is 1. The summed E-state index contributed by atoms with van der Waals surface area (Å²) in [5.74, 6) is 0.845. The normalized spacial score (nSPS) is 14.5. The number of nitrogens with zero attached hydrogens (tertiary/aromatic N) is 1. The quantitative estimate of drug-likeness (QED) is 0.847. The van der Waals surface area contributed by atoms with Gasteiger partial charge in [0.25, 0.3) is 0 Å². The maximum absolute atomic E-state index is 12.0. The maximum Gasteiger partial charge on any atom is 0.220 e. The van der Waals surface area contributed by atoms with Gasteiger partial charge in [-0.15, -0.1) is 24.8 Å². The molecule has 1 aliphatic rings. The van der Waals surface area contributed by atoms with Crippen molar-refractivity contribution in [3.8, 4) is 0 Å². The largest absolute Gasteiger partial charge is 0.352 e. The molecule has 0 radical (unpaired) electrons. The zero-order chi connectivity index (χ0) is 15.2. The molecule has 0 aliphatic carbocycles. The fourth-order valence-corrected chi connectivity index (χ4v) is 3.10. The topological polar surface area (TPSA) is 54.0 Å². The lowest BCUT2D eigenvalue weighted by molar-refractivity contribution is -0.121. The van der Waals surface area contributed by atoms with E-state index >= 15 is 0 Å². The van der Waals surface area contributed by atoms with Crippen molar-refractivity contribution in [1.29, 1.82) is 0 Å². The van der Waals surface area contributed by atoms with Crippen LogP contribution in [0.1, 0.15) is 31.2 Å². The molecule has 2 N–H and O–H groups in total. The van der Waals surface area contributed by atoms with Crippen LogP contribution in [0.5, 0.6) is 0 Å². The molecule has 0 saturated carbocycles. The molecular formula is C18H25Cl2N3O. The van der Waals surface area contributed by atoms with E-state index < -0.39 is 0 Å². The van der Waals surface area contributed by atoms with E-state index in [4.69, 9.17) is 0 Å². The molecule has 24 heavy (non-hydrogen) atoms. The van der Waals surface area contributed by atoms with E-state index in [2.05, 4.69) is 15.6 Å². The Labute approximate surface area is 155 Å². The Kier molecular flexibility index (Phi) is 9.04. The third-order valence-corrected chi connectivity index (χ3v) is 4.43. The predicted octanol–water partition coefficient (Wildman–Crippen LogP) is 3.47. The van der Waals surface area contributed by atoms with Crippen LogP contribution >= 0.6 is 24.8 Å². The van der Waals surface area contributed by atoms with E-state index in [9.17, 15) is 4.79 Å². The lowest BCUT2D eigenvalue weighted by atomic mass is 9.93. The molecule has 1 aliphatic heterocycles. The minimum Gasteiger partial charge on any atom is -0.352 e. The van der Waals surface area contributed by atoms with E-state index in [1.807, 2.05) is 30.3 Å². The Bertz CT molecular complexity index is 640. The molecule has 0 spiro atoms. The van der Waals surface area contributed by atoms with Gasteiger partial charge in [-0.25, -0.2) is 0 Å². The summed E-state index contributed by atoms with van der Waals surface area (Å²) < 4.78 is 0. The Balaban J connectivity index is 0.00000144. The van der Waals surface area contributed by atoms with Gasteiger partial charge < -0.3 is 10.6 Å². The second-order valence-electron chi connectivity index (χ2n) is 6.00. The van der Waals surface area contributed by atoms with Gasteiger partial charge in [-0.3, -0.25) is 9.78 Å². The molecule has 1 aromatic heterocycles. The zero-order valence-corrected chi connectivity index (χ0v) is 15.3. The number of para-hydroxylation sites is 1. The molecule has 0 bridgehead atoms. The van der Waals surface area contributed by atoms with E-state index in [1.165, 1.54) is 12.8 Å². The summed E-state index contributed by atoms with van der Waals surface area (Å²) in [5, 5.41) is 7.51. The Morgan fingerprint density at radius 1 is 1.17 bits per heavy atom. The van der Waals surface area contributed by atoms with Crippen LogP contribution in [-0.4, -0.2) is 24.0 Å². The Morgan fingerprint density at radius 3 is 2.71 bits per heavy atom. The molecule has 6 heteroatoms. The van der Waals surface area contributed by atoms with Gasteiger partial charge in [-0.05, 0) is 49.9 Å². The molecule has 1 amide bonds. The van der Waals surface area contributed by atoms with Crippen molar-refractivity contribution in [2.75, 3.05) is 13.1 Å². The summed E-state index contributed by atoms with van der Waals surface area (Å²) in [6.45, 7) is 2.74. The average molecular weight is 370 g/mol. The standard InChI is InChI=1S/C18H23N3O.2ClH/c22-17(7-6-14-8-11-19-12-9-14)21-13-16-4-1-3-15-5-2-10-20-18(15)16;;/h1-5,10,14,19H,6-9,11-13H2,(H,21,22);2*1H. The van der Waals surface area contributed by atoms with Gasteiger partial charge in [0, 0.05) is 24.5 Å². The number of carbonyl (C=O) groups is 1. The number of halogens is 2. The van der Waals surface area contributed by atoms with Gasteiger partial charge in [-0.2, -0.15) is 0 Å². The van der Waals surface area contributed by atoms with Crippen LogP contribution in [0.4, 0.5) is 0 Å². The molecule has 4 nitrogen and oxygen atoms in total.